The number of carbonyl (C=O) groups is 1. The molecule has 1 heterocycles. The molecule has 7 nitrogen and oxygen atoms in total. The molecule has 4 rings (SSSR count). The van der Waals surface area contributed by atoms with E-state index in [1.165, 1.54) is 42.0 Å². The van der Waals surface area contributed by atoms with Crippen LogP contribution in [0.1, 0.15) is 79.8 Å². The van der Waals surface area contributed by atoms with Crippen molar-refractivity contribution in [1.29, 1.82) is 0 Å². The highest BCUT2D eigenvalue weighted by Crippen LogP contribution is 2.41. The number of allylic oxidation sites excluding steroid dienone is 1. The summed E-state index contributed by atoms with van der Waals surface area (Å²) in [6.07, 6.45) is -6.43. The summed E-state index contributed by atoms with van der Waals surface area (Å²) in [7, 11) is 0. The molecule has 0 aliphatic heterocycles. The second-order valence-electron chi connectivity index (χ2n) is 12.7. The van der Waals surface area contributed by atoms with Crippen LogP contribution in [0, 0.1) is 5.92 Å². The number of aliphatic carboxylic acids is 1. The highest BCUT2D eigenvalue weighted by molar-refractivity contribution is 7.98. The summed E-state index contributed by atoms with van der Waals surface area (Å²) in [5.74, 6) is -0.217. The van der Waals surface area contributed by atoms with Gasteiger partial charge in [0.15, 0.2) is 5.75 Å². The van der Waals surface area contributed by atoms with Crippen LogP contribution in [0.4, 0.5) is 51.1 Å². The second-order valence-corrected chi connectivity index (χ2v) is 13.6. The van der Waals surface area contributed by atoms with Crippen molar-refractivity contribution >= 4 is 29.4 Å². The lowest BCUT2D eigenvalue weighted by atomic mass is 9.84. The minimum atomic E-state index is -5.14. The molecule has 1 aliphatic carbocycles. The van der Waals surface area contributed by atoms with Crippen molar-refractivity contribution in [3.8, 4) is 5.75 Å². The Morgan fingerprint density at radius 1 is 0.943 bits per heavy atom. The average Bonchev–Trinajstić information content (AvgIpc) is 3.09. The summed E-state index contributed by atoms with van der Waals surface area (Å²) in [6.45, 7) is 3.23. The maximum absolute atomic E-state index is 14.1. The van der Waals surface area contributed by atoms with E-state index in [4.69, 9.17) is 4.74 Å². The maximum atomic E-state index is 14.1. The van der Waals surface area contributed by atoms with E-state index in [1.807, 2.05) is 6.26 Å². The number of ether oxygens (including phenoxy) is 1. The van der Waals surface area contributed by atoms with Crippen LogP contribution in [0.15, 0.2) is 60.6 Å². The third kappa shape index (κ3) is 11.4. The zero-order chi connectivity index (χ0) is 39.1. The normalized spacial score (nSPS) is 15.9. The number of thioether (sulfide) groups is 1. The molecule has 3 aromatic rings. The molecule has 53 heavy (non-hydrogen) atoms. The van der Waals surface area contributed by atoms with E-state index >= 15 is 0 Å². The van der Waals surface area contributed by atoms with Crippen LogP contribution < -0.4 is 14.5 Å². The molecule has 1 saturated carbocycles. The van der Waals surface area contributed by atoms with E-state index in [9.17, 15) is 49.4 Å². The molecular formula is C36H39F9N4O3S. The van der Waals surface area contributed by atoms with E-state index in [0.29, 0.717) is 55.9 Å². The highest BCUT2D eigenvalue weighted by Gasteiger charge is 2.38. The van der Waals surface area contributed by atoms with Crippen LogP contribution in [0.3, 0.4) is 0 Å². The van der Waals surface area contributed by atoms with Crippen LogP contribution in [-0.2, 0) is 29.9 Å². The van der Waals surface area contributed by atoms with Crippen molar-refractivity contribution in [2.24, 2.45) is 5.92 Å². The third-order valence-corrected chi connectivity index (χ3v) is 9.51. The predicted molar refractivity (Wildman–Crippen MR) is 184 cm³/mol. The first-order chi connectivity index (χ1) is 24.8. The van der Waals surface area contributed by atoms with Crippen LogP contribution in [0.2, 0.25) is 0 Å². The Labute approximate surface area is 305 Å². The van der Waals surface area contributed by atoms with Crippen molar-refractivity contribution in [2.45, 2.75) is 77.1 Å². The largest absolute Gasteiger partial charge is 0.489 e. The molecule has 0 spiro atoms. The summed E-state index contributed by atoms with van der Waals surface area (Å²) in [5, 5.41) is 9.17. The Kier molecular flexibility index (Phi) is 13.6. The van der Waals surface area contributed by atoms with Crippen molar-refractivity contribution in [2.75, 3.05) is 35.0 Å². The van der Waals surface area contributed by atoms with E-state index in [-0.39, 0.29) is 42.2 Å². The molecule has 2 aromatic carbocycles. The Bertz CT molecular complexity index is 1690. The summed E-state index contributed by atoms with van der Waals surface area (Å²) in [5.41, 5.74) is -3.21. The van der Waals surface area contributed by atoms with Gasteiger partial charge in [0.05, 0.1) is 41.7 Å². The smallest absolute Gasteiger partial charge is 0.416 e. The number of rotatable bonds is 14. The van der Waals surface area contributed by atoms with Crippen LogP contribution >= 0.6 is 11.8 Å². The van der Waals surface area contributed by atoms with E-state index < -0.39 is 59.3 Å². The molecule has 1 aliphatic rings. The third-order valence-electron chi connectivity index (χ3n) is 8.93. The number of carboxylic acid groups (broad SMARTS) is 1. The van der Waals surface area contributed by atoms with Gasteiger partial charge in [-0.25, -0.2) is 9.97 Å². The standard InChI is InChI=1S/C36H39F9N4O3S/c1-4-48(20-24-7-5-23(6-8-24)13-32(50)51)31-10-9-27(34(37,38)39)16-26(31)21-49(33-46-18-30(19-47-33)52-11-12-53-3)22(2)25-14-28(35(40,41)42)17-29(15-25)36(43,44)45/h9-10,14-20,22-23H,4-8,11-13,21H2,1-3H3,(H,50,51). The van der Waals surface area contributed by atoms with Gasteiger partial charge in [0.25, 0.3) is 0 Å². The fraction of sp³-hybridized carbons (Fsp3) is 0.472. The molecule has 0 saturated heterocycles. The number of hydrogen-bond acceptors (Lipinski definition) is 7. The number of aromatic nitrogens is 2. The lowest BCUT2D eigenvalue weighted by Gasteiger charge is -2.33. The van der Waals surface area contributed by atoms with Gasteiger partial charge in [-0.2, -0.15) is 51.3 Å². The Morgan fingerprint density at radius 2 is 1.53 bits per heavy atom. The van der Waals surface area contributed by atoms with Crippen molar-refractivity contribution in [1.82, 2.24) is 9.97 Å². The maximum Gasteiger partial charge on any atom is 0.416 e. The number of halogens is 9. The lowest BCUT2D eigenvalue weighted by molar-refractivity contribution is -0.143. The minimum Gasteiger partial charge on any atom is -0.489 e. The highest BCUT2D eigenvalue weighted by atomic mass is 32.2. The molecule has 1 fully saturated rings. The van der Waals surface area contributed by atoms with Gasteiger partial charge < -0.3 is 19.6 Å². The van der Waals surface area contributed by atoms with Gasteiger partial charge >= 0.3 is 24.5 Å². The molecule has 1 unspecified atom stereocenters. The Morgan fingerprint density at radius 3 is 2.04 bits per heavy atom. The van der Waals surface area contributed by atoms with Crippen molar-refractivity contribution in [3.05, 3.63) is 88.4 Å². The van der Waals surface area contributed by atoms with Gasteiger partial charge in [-0.05, 0) is 99.2 Å². The van der Waals surface area contributed by atoms with Gasteiger partial charge in [-0.15, -0.1) is 0 Å². The summed E-state index contributed by atoms with van der Waals surface area (Å²) >= 11 is 1.51. The summed E-state index contributed by atoms with van der Waals surface area (Å²) in [4.78, 5) is 22.7. The van der Waals surface area contributed by atoms with Gasteiger partial charge in [0.1, 0.15) is 0 Å². The molecule has 0 amide bonds. The van der Waals surface area contributed by atoms with Gasteiger partial charge in [-0.1, -0.05) is 5.57 Å². The molecule has 0 radical (unpaired) electrons. The molecule has 17 heteroatoms. The first-order valence-corrected chi connectivity index (χ1v) is 18.1. The summed E-state index contributed by atoms with van der Waals surface area (Å²) < 4.78 is 131. The predicted octanol–water partition coefficient (Wildman–Crippen LogP) is 10.4. The number of nitrogens with zero attached hydrogens (tertiary/aromatic N) is 4. The SMILES string of the molecule is CCN(C=C1CCC(CC(=O)O)CC1)c1ccc(C(F)(F)F)cc1CN(c1ncc(OCCSC)cn1)C(C)c1cc(C(F)(F)F)cc(C(F)(F)F)c1. The van der Waals surface area contributed by atoms with E-state index in [1.54, 1.807) is 18.0 Å². The molecular weight excluding hydrogens is 739 g/mol. The van der Waals surface area contributed by atoms with Crippen LogP contribution in [0.25, 0.3) is 0 Å². The first kappa shape index (κ1) is 41.6. The first-order valence-electron chi connectivity index (χ1n) is 16.7. The quantitative estimate of drug-likeness (QED) is 0.128. The second kappa shape index (κ2) is 17.3. The summed E-state index contributed by atoms with van der Waals surface area (Å²) in [6, 6.07) is 2.90. The molecule has 290 valence electrons. The zero-order valence-corrected chi connectivity index (χ0v) is 29.9. The average molecular weight is 779 g/mol. The number of anilines is 2. The zero-order valence-electron chi connectivity index (χ0n) is 29.1. The van der Waals surface area contributed by atoms with Crippen LogP contribution in [-0.4, -0.2) is 46.2 Å². The fourth-order valence-corrected chi connectivity index (χ4v) is 6.34. The minimum absolute atomic E-state index is 0.00442. The molecule has 0 bridgehead atoms. The lowest BCUT2D eigenvalue weighted by Crippen LogP contribution is -2.30. The van der Waals surface area contributed by atoms with Crippen LogP contribution in [0.5, 0.6) is 5.75 Å². The number of carboxylic acids is 1. The molecule has 1 N–H and O–H groups in total. The fourth-order valence-electron chi connectivity index (χ4n) is 6.09. The Balaban J connectivity index is 1.83. The number of hydrogen-bond donors (Lipinski definition) is 1. The van der Waals surface area contributed by atoms with Crippen molar-refractivity contribution in [3.63, 3.8) is 0 Å². The van der Waals surface area contributed by atoms with Gasteiger partial charge in [-0.3, -0.25) is 4.79 Å². The monoisotopic (exact) mass is 778 g/mol. The van der Waals surface area contributed by atoms with E-state index in [2.05, 4.69) is 9.97 Å². The van der Waals surface area contributed by atoms with Gasteiger partial charge in [0.2, 0.25) is 5.95 Å². The topological polar surface area (TPSA) is 78.8 Å². The van der Waals surface area contributed by atoms with E-state index in [0.717, 1.165) is 17.7 Å². The van der Waals surface area contributed by atoms with Crippen molar-refractivity contribution < 1.29 is 54.2 Å². The molecule has 1 aromatic heterocycles. The number of alkyl halides is 9. The number of benzene rings is 2. The molecule has 1 atom stereocenters. The van der Waals surface area contributed by atoms with Gasteiger partial charge in [0, 0.05) is 37.2 Å². The Hall–Kier alpha value is -4.15.